The van der Waals surface area contributed by atoms with E-state index in [0.29, 0.717) is 5.82 Å². The second-order valence-electron chi connectivity index (χ2n) is 17.5. The van der Waals surface area contributed by atoms with E-state index in [1.54, 1.807) is 0 Å². The number of rotatable bonds is 8. The van der Waals surface area contributed by atoms with E-state index >= 15 is 0 Å². The Hall–Kier alpha value is -9.25. The third-order valence-corrected chi connectivity index (χ3v) is 13.3. The van der Waals surface area contributed by atoms with E-state index in [1.165, 1.54) is 16.5 Å². The van der Waals surface area contributed by atoms with Crippen LogP contribution in [0.4, 0.5) is 0 Å². The van der Waals surface area contributed by atoms with Gasteiger partial charge in [-0.1, -0.05) is 224 Å². The minimum Gasteiger partial charge on any atom is -0.456 e. The van der Waals surface area contributed by atoms with Crippen LogP contribution in [0.25, 0.3) is 133 Å². The number of hydrogen-bond acceptors (Lipinski definition) is 4. The topological polar surface area (TPSA) is 51.8 Å². The van der Waals surface area contributed by atoms with Gasteiger partial charge in [0.1, 0.15) is 11.2 Å². The fourth-order valence-electron chi connectivity index (χ4n) is 9.86. The maximum Gasteiger partial charge on any atom is 0.160 e. The number of hydrogen-bond donors (Lipinski definition) is 0. The molecule has 0 fully saturated rings. The molecule has 3 aromatic heterocycles. The Bertz CT molecular complexity index is 3900. The van der Waals surface area contributed by atoms with Gasteiger partial charge in [0.25, 0.3) is 0 Å². The third-order valence-electron chi connectivity index (χ3n) is 13.3. The van der Waals surface area contributed by atoms with Crippen molar-refractivity contribution >= 4 is 43.6 Å². The largest absolute Gasteiger partial charge is 0.456 e. The molecule has 0 aliphatic carbocycles. The zero-order valence-electron chi connectivity index (χ0n) is 37.4. The van der Waals surface area contributed by atoms with Gasteiger partial charge in [-0.2, -0.15) is 0 Å². The van der Waals surface area contributed by atoms with Crippen molar-refractivity contribution in [3.8, 4) is 89.7 Å². The average Bonchev–Trinajstić information content (AvgIpc) is 3.81. The molecule has 3 heterocycles. The maximum absolute atomic E-state index is 6.60. The van der Waals surface area contributed by atoms with Crippen LogP contribution in [0.3, 0.4) is 0 Å². The molecule has 13 rings (SSSR count). The highest BCUT2D eigenvalue weighted by atomic mass is 16.3. The summed E-state index contributed by atoms with van der Waals surface area (Å²) in [6, 6.07) is 87.4. The summed E-state index contributed by atoms with van der Waals surface area (Å²) < 4.78 is 6.60. The van der Waals surface area contributed by atoms with Gasteiger partial charge in [0, 0.05) is 54.7 Å². The molecular weight excluding hydrogens is 839 g/mol. The molecule has 4 heteroatoms. The summed E-state index contributed by atoms with van der Waals surface area (Å²) in [6.07, 6.45) is 0. The van der Waals surface area contributed by atoms with Crippen molar-refractivity contribution < 1.29 is 4.42 Å². The van der Waals surface area contributed by atoms with E-state index in [0.717, 1.165) is 111 Å². The molecule has 0 N–H and O–H groups in total. The van der Waals surface area contributed by atoms with E-state index in [-0.39, 0.29) is 0 Å². The molecule has 0 aliphatic heterocycles. The highest BCUT2D eigenvalue weighted by Crippen LogP contribution is 2.46. The summed E-state index contributed by atoms with van der Waals surface area (Å²) in [6.45, 7) is 0. The Morgan fingerprint density at radius 2 is 0.681 bits per heavy atom. The van der Waals surface area contributed by atoms with Crippen molar-refractivity contribution in [3.63, 3.8) is 0 Å². The van der Waals surface area contributed by atoms with Crippen LogP contribution in [0.1, 0.15) is 0 Å². The van der Waals surface area contributed by atoms with Crippen LogP contribution >= 0.6 is 0 Å². The van der Waals surface area contributed by atoms with Gasteiger partial charge in [-0.3, -0.25) is 0 Å². The lowest BCUT2D eigenvalue weighted by atomic mass is 9.89. The summed E-state index contributed by atoms with van der Waals surface area (Å²) in [4.78, 5) is 15.7. The number of furan rings is 1. The Labute approximate surface area is 399 Å². The molecule has 4 nitrogen and oxygen atoms in total. The fraction of sp³-hybridized carbons (Fsp3) is 0. The first-order chi connectivity index (χ1) is 34.2. The second-order valence-corrected chi connectivity index (χ2v) is 17.5. The van der Waals surface area contributed by atoms with Crippen LogP contribution in [0.2, 0.25) is 0 Å². The van der Waals surface area contributed by atoms with Crippen LogP contribution in [0, 0.1) is 0 Å². The lowest BCUT2D eigenvalue weighted by Crippen LogP contribution is -1.96. The summed E-state index contributed by atoms with van der Waals surface area (Å²) >= 11 is 0. The average molecular weight is 880 g/mol. The van der Waals surface area contributed by atoms with Crippen LogP contribution in [-0.2, 0) is 0 Å². The van der Waals surface area contributed by atoms with E-state index in [2.05, 4.69) is 231 Å². The molecule has 13 aromatic rings. The maximum atomic E-state index is 6.60. The lowest BCUT2D eigenvalue weighted by Gasteiger charge is -2.16. The molecule has 0 spiro atoms. The Kier molecular flexibility index (Phi) is 9.80. The predicted octanol–water partition coefficient (Wildman–Crippen LogP) is 17.4. The smallest absolute Gasteiger partial charge is 0.160 e. The van der Waals surface area contributed by atoms with E-state index in [1.807, 2.05) is 18.2 Å². The second kappa shape index (κ2) is 16.9. The van der Waals surface area contributed by atoms with Gasteiger partial charge < -0.3 is 4.42 Å². The highest BCUT2D eigenvalue weighted by molar-refractivity contribution is 6.27. The lowest BCUT2D eigenvalue weighted by molar-refractivity contribution is 0.669. The molecule has 0 unspecified atom stereocenters. The van der Waals surface area contributed by atoms with Gasteiger partial charge in [0.2, 0.25) is 0 Å². The number of para-hydroxylation sites is 2. The molecule has 0 saturated heterocycles. The molecule has 10 aromatic carbocycles. The molecular formula is C65H41N3O. The van der Waals surface area contributed by atoms with Gasteiger partial charge in [0.15, 0.2) is 5.82 Å². The molecule has 0 atom stereocenters. The number of nitrogens with zero attached hydrogens (tertiary/aromatic N) is 3. The Morgan fingerprint density at radius 1 is 0.261 bits per heavy atom. The molecule has 69 heavy (non-hydrogen) atoms. The molecule has 0 aliphatic rings. The normalized spacial score (nSPS) is 11.5. The summed E-state index contributed by atoms with van der Waals surface area (Å²) in [7, 11) is 0. The first kappa shape index (κ1) is 40.1. The van der Waals surface area contributed by atoms with Crippen LogP contribution in [0.5, 0.6) is 0 Å². The van der Waals surface area contributed by atoms with Crippen molar-refractivity contribution in [2.75, 3.05) is 0 Å². The number of benzene rings is 10. The van der Waals surface area contributed by atoms with Crippen molar-refractivity contribution in [1.29, 1.82) is 0 Å². The van der Waals surface area contributed by atoms with Crippen molar-refractivity contribution in [2.24, 2.45) is 0 Å². The van der Waals surface area contributed by atoms with Crippen molar-refractivity contribution in [3.05, 3.63) is 249 Å². The molecule has 322 valence electrons. The van der Waals surface area contributed by atoms with Gasteiger partial charge in [0.05, 0.1) is 22.6 Å². The van der Waals surface area contributed by atoms with E-state index in [4.69, 9.17) is 19.4 Å². The van der Waals surface area contributed by atoms with Crippen molar-refractivity contribution in [2.45, 2.75) is 0 Å². The van der Waals surface area contributed by atoms with Gasteiger partial charge in [-0.15, -0.1) is 0 Å². The van der Waals surface area contributed by atoms with E-state index in [9.17, 15) is 0 Å². The van der Waals surface area contributed by atoms with Gasteiger partial charge in [-0.05, 0) is 63.2 Å². The SMILES string of the molecule is c1ccc(-c2ccc(-c3cc(-c4ccc(-c5ccccc5)cc4)nc(-c4ccc(-c5ccc(-c6nc7ccccc7c7c(-c8ccccc8)c8c(cc67)oc6ccccc68)cc5)cc4)n3)cc2)cc1. The fourth-order valence-corrected chi connectivity index (χ4v) is 9.86. The van der Waals surface area contributed by atoms with Crippen LogP contribution in [-0.4, -0.2) is 15.0 Å². The minimum absolute atomic E-state index is 0.673. The zero-order valence-corrected chi connectivity index (χ0v) is 37.4. The number of fused-ring (bicyclic) bond motifs is 6. The summed E-state index contributed by atoms with van der Waals surface area (Å²) in [5, 5.41) is 5.56. The Morgan fingerprint density at radius 3 is 1.23 bits per heavy atom. The predicted molar refractivity (Wildman–Crippen MR) is 286 cm³/mol. The minimum atomic E-state index is 0.673. The quantitative estimate of drug-likeness (QED) is 0.143. The first-order valence-electron chi connectivity index (χ1n) is 23.3. The van der Waals surface area contributed by atoms with E-state index < -0.39 is 0 Å². The third kappa shape index (κ3) is 7.32. The monoisotopic (exact) mass is 879 g/mol. The van der Waals surface area contributed by atoms with Crippen LogP contribution in [0.15, 0.2) is 253 Å². The number of aromatic nitrogens is 3. The van der Waals surface area contributed by atoms with Crippen LogP contribution < -0.4 is 0 Å². The molecule has 0 saturated carbocycles. The van der Waals surface area contributed by atoms with Gasteiger partial charge in [-0.25, -0.2) is 15.0 Å². The summed E-state index contributed by atoms with van der Waals surface area (Å²) in [5.74, 6) is 0.673. The Balaban J connectivity index is 0.875. The first-order valence-corrected chi connectivity index (χ1v) is 23.3. The number of pyridine rings is 1. The molecule has 0 amide bonds. The highest BCUT2D eigenvalue weighted by Gasteiger charge is 2.22. The molecule has 0 bridgehead atoms. The van der Waals surface area contributed by atoms with Crippen molar-refractivity contribution in [1.82, 2.24) is 15.0 Å². The molecule has 0 radical (unpaired) electrons. The summed E-state index contributed by atoms with van der Waals surface area (Å²) in [5.41, 5.74) is 18.6. The zero-order chi connectivity index (χ0) is 45.7. The standard InChI is InChI=1S/C65H41N3O/c1-4-14-42(15-5-1)44-24-32-48(33-25-44)57-41-58(49-34-26-45(27-35-49)43-16-6-2-7-17-43)68-65(67-57)52-38-30-47(31-39-52)46-28-36-51(37-29-46)64-55-40-60-63(54-21-11-13-23-59(54)69-60)61(50-18-8-3-9-19-50)62(55)53-20-10-12-22-56(53)66-64/h1-41H. The van der Waals surface area contributed by atoms with Gasteiger partial charge >= 0.3 is 0 Å².